The molecule has 0 unspecified atom stereocenters. The number of benzene rings is 1. The third kappa shape index (κ3) is 2.76. The lowest BCUT2D eigenvalue weighted by molar-refractivity contribution is -0.107. The summed E-state index contributed by atoms with van der Waals surface area (Å²) in [6.45, 7) is 0. The number of hydrogen-bond donors (Lipinski definition) is 0. The molecule has 98 valence electrons. The van der Waals surface area contributed by atoms with E-state index in [0.717, 1.165) is 12.4 Å². The molecule has 0 aliphatic heterocycles. The lowest BCUT2D eigenvalue weighted by atomic mass is 10.1. The van der Waals surface area contributed by atoms with Gasteiger partial charge in [0.05, 0.1) is 7.11 Å². The highest BCUT2D eigenvalue weighted by molar-refractivity contribution is 5.70. The summed E-state index contributed by atoms with van der Waals surface area (Å²) in [5.41, 5.74) is 1.19. The van der Waals surface area contributed by atoms with Crippen LogP contribution in [0.4, 0.5) is 8.78 Å². The number of ether oxygens (including phenoxy) is 1. The Bertz CT molecular complexity index is 594. The summed E-state index contributed by atoms with van der Waals surface area (Å²) >= 11 is 0. The van der Waals surface area contributed by atoms with Crippen LogP contribution in [0.25, 0.3) is 11.3 Å². The first-order chi connectivity index (χ1) is 9.15. The normalized spacial score (nSPS) is 10.3. The number of rotatable bonds is 4. The van der Waals surface area contributed by atoms with Crippen LogP contribution in [0, 0.1) is 11.6 Å². The Morgan fingerprint density at radius 1 is 1.26 bits per heavy atom. The van der Waals surface area contributed by atoms with Crippen LogP contribution in [0.15, 0.2) is 30.5 Å². The topological polar surface area (TPSA) is 39.2 Å². The zero-order valence-corrected chi connectivity index (χ0v) is 10.2. The molecule has 5 heteroatoms. The van der Waals surface area contributed by atoms with Gasteiger partial charge in [-0.05, 0) is 18.2 Å². The number of halogens is 2. The summed E-state index contributed by atoms with van der Waals surface area (Å²) in [4.78, 5) is 14.7. The second-order valence-electron chi connectivity index (χ2n) is 3.88. The van der Waals surface area contributed by atoms with E-state index in [4.69, 9.17) is 4.74 Å². The van der Waals surface area contributed by atoms with Crippen molar-refractivity contribution in [1.82, 2.24) is 4.98 Å². The van der Waals surface area contributed by atoms with Crippen LogP contribution in [-0.2, 0) is 11.2 Å². The van der Waals surface area contributed by atoms with Crippen LogP contribution >= 0.6 is 0 Å². The second kappa shape index (κ2) is 5.56. The van der Waals surface area contributed by atoms with Gasteiger partial charge in [-0.3, -0.25) is 4.98 Å². The van der Waals surface area contributed by atoms with E-state index in [-0.39, 0.29) is 12.0 Å². The minimum Gasteiger partial charge on any atom is -0.494 e. The molecular weight excluding hydrogens is 252 g/mol. The van der Waals surface area contributed by atoms with Crippen molar-refractivity contribution in [2.45, 2.75) is 6.42 Å². The van der Waals surface area contributed by atoms with Crippen molar-refractivity contribution in [2.24, 2.45) is 0 Å². The summed E-state index contributed by atoms with van der Waals surface area (Å²) in [5, 5.41) is 0. The average Bonchev–Trinajstić information content (AvgIpc) is 2.37. The predicted molar refractivity (Wildman–Crippen MR) is 65.9 cm³/mol. The first-order valence-corrected chi connectivity index (χ1v) is 5.57. The van der Waals surface area contributed by atoms with Crippen molar-refractivity contribution in [3.05, 3.63) is 47.7 Å². The molecule has 2 rings (SSSR count). The van der Waals surface area contributed by atoms with Crippen LogP contribution in [0.1, 0.15) is 5.56 Å². The van der Waals surface area contributed by atoms with E-state index < -0.39 is 11.6 Å². The zero-order valence-electron chi connectivity index (χ0n) is 10.2. The van der Waals surface area contributed by atoms with Crippen LogP contribution in [0.3, 0.4) is 0 Å². The fourth-order valence-corrected chi connectivity index (χ4v) is 1.86. The molecule has 1 heterocycles. The Morgan fingerprint density at radius 3 is 2.53 bits per heavy atom. The molecule has 0 bridgehead atoms. The number of methoxy groups -OCH3 is 1. The minimum absolute atomic E-state index is 0.149. The van der Waals surface area contributed by atoms with Crippen molar-refractivity contribution < 1.29 is 18.3 Å². The Kier molecular flexibility index (Phi) is 3.85. The molecule has 0 fully saturated rings. The first kappa shape index (κ1) is 13.1. The molecule has 1 aromatic carbocycles. The van der Waals surface area contributed by atoms with E-state index in [9.17, 15) is 13.6 Å². The molecule has 0 aliphatic carbocycles. The van der Waals surface area contributed by atoms with Gasteiger partial charge < -0.3 is 9.53 Å². The maximum atomic E-state index is 13.2. The fourth-order valence-electron chi connectivity index (χ4n) is 1.86. The summed E-state index contributed by atoms with van der Waals surface area (Å²) in [7, 11) is 1.42. The molecular formula is C14H11F2NO2. The lowest BCUT2D eigenvalue weighted by Crippen LogP contribution is -1.98. The molecule has 0 atom stereocenters. The van der Waals surface area contributed by atoms with Gasteiger partial charge in [0.15, 0.2) is 0 Å². The molecule has 0 saturated heterocycles. The molecule has 0 aliphatic rings. The smallest absolute Gasteiger partial charge is 0.148 e. The number of aldehydes is 1. The third-order valence-corrected chi connectivity index (χ3v) is 2.63. The standard InChI is InChI=1S/C14H11F2NO2/c1-19-14-9(3-5-18)2-4-17-13(14)10-6-11(15)8-12(16)7-10/h2,4-8H,3H2,1H3. The van der Waals surface area contributed by atoms with Crippen molar-refractivity contribution in [3.8, 4) is 17.0 Å². The number of carbonyl (C=O) groups excluding carboxylic acids is 1. The zero-order chi connectivity index (χ0) is 13.8. The van der Waals surface area contributed by atoms with Gasteiger partial charge in [0.1, 0.15) is 29.4 Å². The Labute approximate surface area is 108 Å². The number of carbonyl (C=O) groups is 1. The van der Waals surface area contributed by atoms with Gasteiger partial charge in [-0.1, -0.05) is 0 Å². The van der Waals surface area contributed by atoms with Gasteiger partial charge in [0.2, 0.25) is 0 Å². The summed E-state index contributed by atoms with van der Waals surface area (Å²) in [5.74, 6) is -1.04. The highest BCUT2D eigenvalue weighted by Crippen LogP contribution is 2.31. The lowest BCUT2D eigenvalue weighted by Gasteiger charge is -2.11. The Morgan fingerprint density at radius 2 is 1.95 bits per heavy atom. The Hall–Kier alpha value is -2.30. The van der Waals surface area contributed by atoms with Crippen molar-refractivity contribution in [3.63, 3.8) is 0 Å². The van der Waals surface area contributed by atoms with Gasteiger partial charge in [-0.15, -0.1) is 0 Å². The van der Waals surface area contributed by atoms with Gasteiger partial charge in [-0.25, -0.2) is 8.78 Å². The number of aromatic nitrogens is 1. The van der Waals surface area contributed by atoms with E-state index in [2.05, 4.69) is 4.98 Å². The molecule has 0 spiro atoms. The molecule has 3 nitrogen and oxygen atoms in total. The first-order valence-electron chi connectivity index (χ1n) is 5.57. The molecule has 2 aromatic rings. The number of nitrogens with zero attached hydrogens (tertiary/aromatic N) is 1. The van der Waals surface area contributed by atoms with Gasteiger partial charge in [0, 0.05) is 29.8 Å². The quantitative estimate of drug-likeness (QED) is 0.796. The van der Waals surface area contributed by atoms with Crippen LogP contribution in [-0.4, -0.2) is 18.4 Å². The summed E-state index contributed by atoms with van der Waals surface area (Å²) in [6, 6.07) is 4.74. The van der Waals surface area contributed by atoms with Crippen molar-refractivity contribution in [2.75, 3.05) is 7.11 Å². The third-order valence-electron chi connectivity index (χ3n) is 2.63. The molecule has 0 radical (unpaired) electrons. The number of pyridine rings is 1. The second-order valence-corrected chi connectivity index (χ2v) is 3.88. The highest BCUT2D eigenvalue weighted by atomic mass is 19.1. The SMILES string of the molecule is COc1c(CC=O)ccnc1-c1cc(F)cc(F)c1. The molecule has 1 aromatic heterocycles. The molecule has 0 N–H and O–H groups in total. The summed E-state index contributed by atoms with van der Waals surface area (Å²) in [6.07, 6.45) is 2.35. The summed E-state index contributed by atoms with van der Waals surface area (Å²) < 4.78 is 31.7. The van der Waals surface area contributed by atoms with Crippen LogP contribution in [0.5, 0.6) is 5.75 Å². The predicted octanol–water partition coefficient (Wildman–Crippen LogP) is 2.78. The van der Waals surface area contributed by atoms with E-state index in [1.165, 1.54) is 25.4 Å². The highest BCUT2D eigenvalue weighted by Gasteiger charge is 2.13. The van der Waals surface area contributed by atoms with Crippen LogP contribution < -0.4 is 4.74 Å². The molecule has 0 amide bonds. The maximum absolute atomic E-state index is 13.2. The largest absolute Gasteiger partial charge is 0.494 e. The maximum Gasteiger partial charge on any atom is 0.148 e. The Balaban J connectivity index is 2.60. The molecule has 0 saturated carbocycles. The van der Waals surface area contributed by atoms with E-state index in [1.807, 2.05) is 0 Å². The van der Waals surface area contributed by atoms with E-state index >= 15 is 0 Å². The average molecular weight is 263 g/mol. The fraction of sp³-hybridized carbons (Fsp3) is 0.143. The van der Waals surface area contributed by atoms with Crippen molar-refractivity contribution in [1.29, 1.82) is 0 Å². The minimum atomic E-state index is -0.695. The van der Waals surface area contributed by atoms with Gasteiger partial charge in [-0.2, -0.15) is 0 Å². The van der Waals surface area contributed by atoms with Gasteiger partial charge in [0.25, 0.3) is 0 Å². The molecule has 19 heavy (non-hydrogen) atoms. The van der Waals surface area contributed by atoms with E-state index in [1.54, 1.807) is 6.07 Å². The van der Waals surface area contributed by atoms with E-state index in [0.29, 0.717) is 17.0 Å². The van der Waals surface area contributed by atoms with Gasteiger partial charge >= 0.3 is 0 Å². The van der Waals surface area contributed by atoms with Crippen molar-refractivity contribution >= 4 is 6.29 Å². The number of hydrogen-bond acceptors (Lipinski definition) is 3. The monoisotopic (exact) mass is 263 g/mol. The van der Waals surface area contributed by atoms with Crippen LogP contribution in [0.2, 0.25) is 0 Å².